The molecular weight excluding hydrogens is 410 g/mol. The number of pyridine rings is 2. The summed E-state index contributed by atoms with van der Waals surface area (Å²) in [4.78, 5) is 0. The van der Waals surface area contributed by atoms with Crippen molar-refractivity contribution in [1.82, 2.24) is 0 Å². The Balaban J connectivity index is 2.21. The molecule has 2 heterocycles. The van der Waals surface area contributed by atoms with Crippen LogP contribution in [0.5, 0.6) is 0 Å². The molecule has 0 radical (unpaired) electrons. The van der Waals surface area contributed by atoms with E-state index in [0.29, 0.717) is 20.6 Å². The van der Waals surface area contributed by atoms with E-state index >= 15 is 0 Å². The third-order valence-corrected chi connectivity index (χ3v) is 8.49. The number of aryl methyl sites for hydroxylation is 2. The van der Waals surface area contributed by atoms with Crippen molar-refractivity contribution in [3.05, 3.63) is 58.2 Å². The molecule has 0 spiro atoms. The van der Waals surface area contributed by atoms with Gasteiger partial charge in [0, 0.05) is 0 Å². The average molecular weight is 422 g/mol. The molecule has 2 aromatic heterocycles. The van der Waals surface area contributed by atoms with Gasteiger partial charge in [0.2, 0.25) is 0 Å². The van der Waals surface area contributed by atoms with Crippen LogP contribution in [0, 0.1) is 24.3 Å². The molecule has 0 aliphatic heterocycles. The standard InChI is InChI=1S/C12H12N2O5Se2/c1-9-3-5-11(13(15)7-9)20(17)19-21(18)12-6-4-10(2)8-14(12)16/h3-8H,1-2H3. The predicted molar refractivity (Wildman–Crippen MR) is 73.5 cm³/mol. The van der Waals surface area contributed by atoms with Crippen molar-refractivity contribution in [3.8, 4) is 0 Å². The summed E-state index contributed by atoms with van der Waals surface area (Å²) < 4.78 is 29.7. The summed E-state index contributed by atoms with van der Waals surface area (Å²) >= 11 is -6.48. The first kappa shape index (κ1) is 15.9. The normalized spacial score (nSPS) is 13.8. The molecule has 9 heteroatoms. The Kier molecular flexibility index (Phi) is 4.92. The zero-order chi connectivity index (χ0) is 15.6. The fraction of sp³-hybridized carbons (Fsp3) is 0.167. The van der Waals surface area contributed by atoms with Gasteiger partial charge in [0.05, 0.1) is 0 Å². The van der Waals surface area contributed by atoms with Crippen LogP contribution in [0.25, 0.3) is 0 Å². The Hall–Kier alpha value is -1.50. The summed E-state index contributed by atoms with van der Waals surface area (Å²) in [6, 6.07) is 5.97. The Bertz CT molecular complexity index is 674. The molecule has 2 aromatic rings. The van der Waals surface area contributed by atoms with Gasteiger partial charge in [-0.05, 0) is 0 Å². The number of rotatable bonds is 4. The summed E-state index contributed by atoms with van der Waals surface area (Å²) in [6.07, 6.45) is 2.51. The summed E-state index contributed by atoms with van der Waals surface area (Å²) in [5, 5.41) is 23.2. The molecule has 0 atom stereocenters. The zero-order valence-corrected chi connectivity index (χ0v) is 14.6. The van der Waals surface area contributed by atoms with Gasteiger partial charge >= 0.3 is 130 Å². The molecule has 21 heavy (non-hydrogen) atoms. The molecule has 0 unspecified atom stereocenters. The van der Waals surface area contributed by atoms with Crippen molar-refractivity contribution in [2.45, 2.75) is 13.8 Å². The second kappa shape index (κ2) is 6.51. The van der Waals surface area contributed by atoms with E-state index in [4.69, 9.17) is 2.90 Å². The quantitative estimate of drug-likeness (QED) is 0.341. The van der Waals surface area contributed by atoms with Crippen LogP contribution in [0.1, 0.15) is 11.1 Å². The topological polar surface area (TPSA) is 97.2 Å². The second-order valence-corrected chi connectivity index (χ2v) is 9.77. The third-order valence-electron chi connectivity index (χ3n) is 2.52. The van der Waals surface area contributed by atoms with Gasteiger partial charge in [0.1, 0.15) is 0 Å². The van der Waals surface area contributed by atoms with Gasteiger partial charge in [-0.1, -0.05) is 0 Å². The van der Waals surface area contributed by atoms with Gasteiger partial charge in [-0.3, -0.25) is 0 Å². The summed E-state index contributed by atoms with van der Waals surface area (Å²) in [7, 11) is 0. The van der Waals surface area contributed by atoms with E-state index in [1.165, 1.54) is 24.5 Å². The molecule has 0 saturated heterocycles. The molecule has 7 nitrogen and oxygen atoms in total. The van der Waals surface area contributed by atoms with Crippen molar-refractivity contribution < 1.29 is 20.0 Å². The van der Waals surface area contributed by atoms with Crippen LogP contribution in [-0.2, 0) is 10.6 Å². The van der Waals surface area contributed by atoms with Crippen LogP contribution in [0.3, 0.4) is 0 Å². The molecule has 0 fully saturated rings. The Labute approximate surface area is 129 Å². The van der Waals surface area contributed by atoms with Crippen molar-refractivity contribution in [2.24, 2.45) is 0 Å². The van der Waals surface area contributed by atoms with E-state index in [1.807, 2.05) is 0 Å². The second-order valence-electron chi connectivity index (χ2n) is 4.28. The average Bonchev–Trinajstić information content (AvgIpc) is 2.37. The maximum absolute atomic E-state index is 12.0. The molecule has 0 aliphatic carbocycles. The van der Waals surface area contributed by atoms with Crippen molar-refractivity contribution in [1.29, 1.82) is 0 Å². The summed E-state index contributed by atoms with van der Waals surface area (Å²) in [5.41, 5.74) is 1.41. The van der Waals surface area contributed by atoms with E-state index in [9.17, 15) is 18.1 Å². The van der Waals surface area contributed by atoms with E-state index in [-0.39, 0.29) is 9.18 Å². The van der Waals surface area contributed by atoms with Gasteiger partial charge in [0.25, 0.3) is 0 Å². The van der Waals surface area contributed by atoms with Gasteiger partial charge in [-0.15, -0.1) is 0 Å². The van der Waals surface area contributed by atoms with Crippen LogP contribution in [0.4, 0.5) is 0 Å². The first-order chi connectivity index (χ1) is 9.88. The van der Waals surface area contributed by atoms with E-state index in [2.05, 4.69) is 0 Å². The number of nitrogens with zero attached hydrogens (tertiary/aromatic N) is 2. The monoisotopic (exact) mass is 424 g/mol. The first-order valence-electron chi connectivity index (χ1n) is 5.80. The van der Waals surface area contributed by atoms with Gasteiger partial charge in [-0.2, -0.15) is 0 Å². The fourth-order valence-corrected chi connectivity index (χ4v) is 6.38. The van der Waals surface area contributed by atoms with Gasteiger partial charge in [0.15, 0.2) is 0 Å². The maximum atomic E-state index is 12.0. The van der Waals surface area contributed by atoms with Gasteiger partial charge in [-0.25, -0.2) is 0 Å². The van der Waals surface area contributed by atoms with E-state index < -0.39 is 28.3 Å². The van der Waals surface area contributed by atoms with Crippen molar-refractivity contribution >= 4 is 37.5 Å². The van der Waals surface area contributed by atoms with Gasteiger partial charge < -0.3 is 0 Å². The van der Waals surface area contributed by atoms with Crippen molar-refractivity contribution in [3.63, 3.8) is 0 Å². The number of hydrogen-bond donors (Lipinski definition) is 0. The van der Waals surface area contributed by atoms with Crippen molar-refractivity contribution in [2.75, 3.05) is 0 Å². The minimum absolute atomic E-state index is 0.0743. The van der Waals surface area contributed by atoms with Crippen LogP contribution >= 0.6 is 0 Å². The number of hydrogen-bond acceptors (Lipinski definition) is 5. The first-order valence-corrected chi connectivity index (χ1v) is 10.3. The molecule has 0 saturated carbocycles. The zero-order valence-electron chi connectivity index (χ0n) is 11.2. The third kappa shape index (κ3) is 3.78. The molecule has 0 aliphatic rings. The van der Waals surface area contributed by atoms with Crippen LogP contribution in [0.2, 0.25) is 0 Å². The fourth-order valence-electron chi connectivity index (χ4n) is 1.52. The molecule has 0 amide bonds. The predicted octanol–water partition coefficient (Wildman–Crippen LogP) is -1.46. The molecule has 0 aromatic carbocycles. The molecule has 2 rings (SSSR count). The molecule has 0 N–H and O–H groups in total. The Morgan fingerprint density at radius 2 is 1.24 bits per heavy atom. The van der Waals surface area contributed by atoms with E-state index in [1.54, 1.807) is 26.0 Å². The van der Waals surface area contributed by atoms with Crippen LogP contribution in [-0.4, -0.2) is 28.3 Å². The van der Waals surface area contributed by atoms with Crippen LogP contribution in [0.15, 0.2) is 36.7 Å². The molecule has 112 valence electrons. The Morgan fingerprint density at radius 3 is 1.57 bits per heavy atom. The SMILES string of the molecule is Cc1ccc([Se](=O)O[Se](=O)c2ccc(C)c[n+]2[O-])[n+]([O-])c1. The number of aromatic nitrogens is 2. The minimum atomic E-state index is -3.24. The summed E-state index contributed by atoms with van der Waals surface area (Å²) in [6.45, 7) is 3.44. The van der Waals surface area contributed by atoms with Crippen LogP contribution < -0.4 is 18.6 Å². The van der Waals surface area contributed by atoms with E-state index in [0.717, 1.165) is 0 Å². The Morgan fingerprint density at radius 1 is 0.857 bits per heavy atom. The summed E-state index contributed by atoms with van der Waals surface area (Å²) in [5.74, 6) is 0. The molecule has 0 bridgehead atoms. The molecular formula is C12H12N2O5Se2.